The average molecular weight is 409 g/mol. The largest absolute Gasteiger partial charge is 0.496 e. The van der Waals surface area contributed by atoms with Crippen LogP contribution in [0.25, 0.3) is 0 Å². The molecule has 2 aromatic rings. The standard InChI is InChI=1S/C19H20FNO6S/c1-25-17-5-3-2-4-15(17)13-27-19(22)14-6-7-16(20)18(12-14)28(23,24)21-8-10-26-11-9-21/h2-7,12H,8-11,13H2,1H3. The van der Waals surface area contributed by atoms with Crippen LogP contribution in [0.1, 0.15) is 15.9 Å². The number of esters is 1. The topological polar surface area (TPSA) is 82.1 Å². The minimum atomic E-state index is -4.08. The second-order valence-corrected chi connectivity index (χ2v) is 7.96. The quantitative estimate of drug-likeness (QED) is 0.681. The van der Waals surface area contributed by atoms with Gasteiger partial charge in [-0.15, -0.1) is 0 Å². The fourth-order valence-corrected chi connectivity index (χ4v) is 4.30. The van der Waals surface area contributed by atoms with E-state index >= 15 is 0 Å². The van der Waals surface area contributed by atoms with Gasteiger partial charge in [-0.1, -0.05) is 18.2 Å². The Morgan fingerprint density at radius 2 is 1.89 bits per heavy atom. The maximum atomic E-state index is 14.2. The van der Waals surface area contributed by atoms with Gasteiger partial charge >= 0.3 is 5.97 Å². The molecule has 0 N–H and O–H groups in total. The summed E-state index contributed by atoms with van der Waals surface area (Å²) in [6, 6.07) is 10.2. The van der Waals surface area contributed by atoms with Crippen LogP contribution < -0.4 is 4.74 Å². The molecule has 150 valence electrons. The van der Waals surface area contributed by atoms with Crippen molar-refractivity contribution in [1.29, 1.82) is 0 Å². The first-order valence-electron chi connectivity index (χ1n) is 8.60. The summed E-state index contributed by atoms with van der Waals surface area (Å²) in [7, 11) is -2.57. The molecule has 0 unspecified atom stereocenters. The molecule has 0 spiro atoms. The van der Waals surface area contributed by atoms with Crippen LogP contribution in [-0.2, 0) is 26.1 Å². The van der Waals surface area contributed by atoms with Crippen molar-refractivity contribution in [3.05, 3.63) is 59.4 Å². The lowest BCUT2D eigenvalue weighted by atomic mass is 10.2. The summed E-state index contributed by atoms with van der Waals surface area (Å²) in [6.07, 6.45) is 0. The third-order valence-electron chi connectivity index (χ3n) is 4.31. The Bertz CT molecular complexity index is 957. The van der Waals surface area contributed by atoms with Gasteiger partial charge in [0.25, 0.3) is 0 Å². The second kappa shape index (κ2) is 8.68. The van der Waals surface area contributed by atoms with Crippen LogP contribution in [0.2, 0.25) is 0 Å². The number of hydrogen-bond acceptors (Lipinski definition) is 6. The zero-order chi connectivity index (χ0) is 20.1. The summed E-state index contributed by atoms with van der Waals surface area (Å²) in [5.74, 6) is -1.12. The lowest BCUT2D eigenvalue weighted by Crippen LogP contribution is -2.41. The summed E-state index contributed by atoms with van der Waals surface area (Å²) in [5, 5.41) is 0. The summed E-state index contributed by atoms with van der Waals surface area (Å²) in [5.41, 5.74) is 0.602. The van der Waals surface area contributed by atoms with Crippen LogP contribution in [0.5, 0.6) is 5.75 Å². The smallest absolute Gasteiger partial charge is 0.338 e. The third-order valence-corrected chi connectivity index (χ3v) is 6.22. The van der Waals surface area contributed by atoms with E-state index in [4.69, 9.17) is 14.2 Å². The van der Waals surface area contributed by atoms with Crippen LogP contribution in [-0.4, -0.2) is 52.1 Å². The van der Waals surface area contributed by atoms with Crippen LogP contribution >= 0.6 is 0 Å². The Labute approximate surface area is 162 Å². The summed E-state index contributed by atoms with van der Waals surface area (Å²) >= 11 is 0. The highest BCUT2D eigenvalue weighted by Gasteiger charge is 2.30. The Morgan fingerprint density at radius 1 is 1.18 bits per heavy atom. The molecule has 2 aromatic carbocycles. The molecule has 0 bridgehead atoms. The minimum absolute atomic E-state index is 0.0527. The number of para-hydroxylation sites is 1. The van der Waals surface area contributed by atoms with Gasteiger partial charge in [0, 0.05) is 18.7 Å². The molecule has 0 aliphatic carbocycles. The maximum absolute atomic E-state index is 14.2. The molecule has 0 aromatic heterocycles. The van der Waals surface area contributed by atoms with Gasteiger partial charge < -0.3 is 14.2 Å². The van der Waals surface area contributed by atoms with Crippen molar-refractivity contribution in [3.8, 4) is 5.75 Å². The molecule has 1 aliphatic heterocycles. The maximum Gasteiger partial charge on any atom is 0.338 e. The van der Waals surface area contributed by atoms with Crippen molar-refractivity contribution < 1.29 is 31.8 Å². The number of methoxy groups -OCH3 is 1. The van der Waals surface area contributed by atoms with E-state index < -0.39 is 26.7 Å². The minimum Gasteiger partial charge on any atom is -0.496 e. The summed E-state index contributed by atoms with van der Waals surface area (Å²) in [6.45, 7) is 0.670. The Hall–Kier alpha value is -2.49. The fourth-order valence-electron chi connectivity index (χ4n) is 2.80. The molecular formula is C19H20FNO6S. The first-order valence-corrected chi connectivity index (χ1v) is 10.0. The van der Waals surface area contributed by atoms with Crippen molar-refractivity contribution in [2.75, 3.05) is 33.4 Å². The van der Waals surface area contributed by atoms with E-state index in [-0.39, 0.29) is 38.5 Å². The molecule has 1 saturated heterocycles. The highest BCUT2D eigenvalue weighted by molar-refractivity contribution is 7.89. The van der Waals surface area contributed by atoms with Crippen molar-refractivity contribution in [2.45, 2.75) is 11.5 Å². The first kappa shape index (κ1) is 20.2. The number of carbonyl (C=O) groups is 1. The van der Waals surface area contributed by atoms with E-state index in [1.54, 1.807) is 24.3 Å². The van der Waals surface area contributed by atoms with Gasteiger partial charge in [-0.2, -0.15) is 4.31 Å². The Morgan fingerprint density at radius 3 is 2.61 bits per heavy atom. The van der Waals surface area contributed by atoms with E-state index in [0.29, 0.717) is 11.3 Å². The zero-order valence-electron chi connectivity index (χ0n) is 15.3. The van der Waals surface area contributed by atoms with Gasteiger partial charge in [-0.05, 0) is 24.3 Å². The van der Waals surface area contributed by atoms with Crippen LogP contribution in [0.3, 0.4) is 0 Å². The van der Waals surface area contributed by atoms with E-state index in [9.17, 15) is 17.6 Å². The van der Waals surface area contributed by atoms with Gasteiger partial charge in [-0.25, -0.2) is 17.6 Å². The second-order valence-electron chi connectivity index (χ2n) is 6.05. The molecule has 0 radical (unpaired) electrons. The van der Waals surface area contributed by atoms with Crippen molar-refractivity contribution in [2.24, 2.45) is 0 Å². The molecule has 3 rings (SSSR count). The molecule has 0 amide bonds. The number of benzene rings is 2. The first-order chi connectivity index (χ1) is 13.4. The van der Waals surface area contributed by atoms with E-state index in [1.807, 2.05) is 0 Å². The molecule has 9 heteroatoms. The van der Waals surface area contributed by atoms with E-state index in [2.05, 4.69) is 0 Å². The van der Waals surface area contributed by atoms with Gasteiger partial charge in [0.05, 0.1) is 25.9 Å². The molecule has 7 nitrogen and oxygen atoms in total. The molecule has 0 saturated carbocycles. The van der Waals surface area contributed by atoms with Crippen LogP contribution in [0.4, 0.5) is 4.39 Å². The third kappa shape index (κ3) is 4.32. The summed E-state index contributed by atoms with van der Waals surface area (Å²) < 4.78 is 56.3. The number of halogens is 1. The Kier molecular flexibility index (Phi) is 6.28. The predicted molar refractivity (Wildman–Crippen MR) is 98.1 cm³/mol. The molecule has 0 atom stereocenters. The molecule has 1 aliphatic rings. The van der Waals surface area contributed by atoms with Gasteiger partial charge in [0.2, 0.25) is 10.0 Å². The van der Waals surface area contributed by atoms with Crippen molar-refractivity contribution in [3.63, 3.8) is 0 Å². The predicted octanol–water partition coefficient (Wildman–Crippen LogP) is 2.21. The number of sulfonamides is 1. The molecular weight excluding hydrogens is 389 g/mol. The Balaban J connectivity index is 1.79. The summed E-state index contributed by atoms with van der Waals surface area (Å²) in [4.78, 5) is 11.8. The number of nitrogens with zero attached hydrogens (tertiary/aromatic N) is 1. The van der Waals surface area contributed by atoms with Gasteiger partial charge in [-0.3, -0.25) is 0 Å². The number of carbonyl (C=O) groups excluding carboxylic acids is 1. The van der Waals surface area contributed by atoms with Crippen molar-refractivity contribution in [1.82, 2.24) is 4.31 Å². The molecule has 1 fully saturated rings. The van der Waals surface area contributed by atoms with Gasteiger partial charge in [0.15, 0.2) is 0 Å². The van der Waals surface area contributed by atoms with Crippen LogP contribution in [0.15, 0.2) is 47.4 Å². The number of morpholine rings is 1. The van der Waals surface area contributed by atoms with Gasteiger partial charge in [0.1, 0.15) is 23.1 Å². The van der Waals surface area contributed by atoms with E-state index in [1.165, 1.54) is 13.2 Å². The highest BCUT2D eigenvalue weighted by Crippen LogP contribution is 2.23. The van der Waals surface area contributed by atoms with Crippen LogP contribution in [0, 0.1) is 5.82 Å². The monoisotopic (exact) mass is 409 g/mol. The molecule has 28 heavy (non-hydrogen) atoms. The zero-order valence-corrected chi connectivity index (χ0v) is 16.1. The normalized spacial score (nSPS) is 15.2. The number of hydrogen-bond donors (Lipinski definition) is 0. The number of rotatable bonds is 6. The highest BCUT2D eigenvalue weighted by atomic mass is 32.2. The fraction of sp³-hybridized carbons (Fsp3) is 0.316. The lowest BCUT2D eigenvalue weighted by molar-refractivity contribution is 0.0469. The molecule has 1 heterocycles. The number of ether oxygens (including phenoxy) is 3. The lowest BCUT2D eigenvalue weighted by Gasteiger charge is -2.26. The van der Waals surface area contributed by atoms with E-state index in [0.717, 1.165) is 16.4 Å². The SMILES string of the molecule is COc1ccccc1COC(=O)c1ccc(F)c(S(=O)(=O)N2CCOCC2)c1. The average Bonchev–Trinajstić information content (AvgIpc) is 2.73. The van der Waals surface area contributed by atoms with Crippen molar-refractivity contribution >= 4 is 16.0 Å².